The van der Waals surface area contributed by atoms with Gasteiger partial charge < -0.3 is 9.80 Å². The summed E-state index contributed by atoms with van der Waals surface area (Å²) in [6.07, 6.45) is 3.83. The minimum atomic E-state index is 0.0905. The number of hydrogen-bond donors (Lipinski definition) is 0. The summed E-state index contributed by atoms with van der Waals surface area (Å²) < 4.78 is 0. The predicted molar refractivity (Wildman–Crippen MR) is 94.8 cm³/mol. The maximum absolute atomic E-state index is 12.7. The minimum absolute atomic E-state index is 0.0905. The monoisotopic (exact) mass is 328 g/mol. The van der Waals surface area contributed by atoms with E-state index in [1.54, 1.807) is 0 Å². The van der Waals surface area contributed by atoms with Crippen molar-refractivity contribution in [2.45, 2.75) is 39.5 Å². The molecule has 0 unspecified atom stereocenters. The zero-order valence-electron chi connectivity index (χ0n) is 14.8. The molecular formula is C20H28N2O2. The molecule has 130 valence electrons. The number of benzene rings is 1. The van der Waals surface area contributed by atoms with Crippen LogP contribution in [0.15, 0.2) is 24.3 Å². The number of hydrogen-bond acceptors (Lipinski definition) is 2. The number of carbonyl (C=O) groups is 2. The lowest BCUT2D eigenvalue weighted by Crippen LogP contribution is -2.46. The first-order valence-corrected chi connectivity index (χ1v) is 9.19. The molecule has 0 atom stereocenters. The van der Waals surface area contributed by atoms with Crippen LogP contribution in [0.4, 0.5) is 0 Å². The number of carbonyl (C=O) groups excluding carboxylic acids is 2. The molecule has 2 aliphatic rings. The molecule has 2 saturated heterocycles. The highest BCUT2D eigenvalue weighted by Gasteiger charge is 2.31. The van der Waals surface area contributed by atoms with Gasteiger partial charge in [0.25, 0.3) is 5.91 Å². The molecule has 4 heteroatoms. The van der Waals surface area contributed by atoms with Gasteiger partial charge >= 0.3 is 0 Å². The summed E-state index contributed by atoms with van der Waals surface area (Å²) in [5, 5.41) is 0. The van der Waals surface area contributed by atoms with Gasteiger partial charge in [0, 0.05) is 37.7 Å². The van der Waals surface area contributed by atoms with Crippen molar-refractivity contribution in [3.05, 3.63) is 35.4 Å². The number of aryl methyl sites for hydroxylation is 1. The van der Waals surface area contributed by atoms with Gasteiger partial charge in [-0.1, -0.05) is 24.6 Å². The second kappa shape index (κ2) is 7.37. The SMILES string of the molecule is Cc1ccc(C(=O)N2CCC(C(=O)N3CCC(C)CC3)CC2)cc1. The van der Waals surface area contributed by atoms with Gasteiger partial charge in [0.15, 0.2) is 0 Å². The predicted octanol–water partition coefficient (Wildman–Crippen LogP) is 3.11. The zero-order chi connectivity index (χ0) is 17.1. The van der Waals surface area contributed by atoms with Crippen molar-refractivity contribution in [1.29, 1.82) is 0 Å². The van der Waals surface area contributed by atoms with Gasteiger partial charge in [-0.25, -0.2) is 0 Å². The van der Waals surface area contributed by atoms with Gasteiger partial charge in [0.05, 0.1) is 0 Å². The summed E-state index contributed by atoms with van der Waals surface area (Å²) in [5.74, 6) is 1.24. The summed E-state index contributed by atoms with van der Waals surface area (Å²) in [5.41, 5.74) is 1.90. The lowest BCUT2D eigenvalue weighted by Gasteiger charge is -2.36. The fourth-order valence-corrected chi connectivity index (χ4v) is 3.70. The van der Waals surface area contributed by atoms with E-state index in [1.165, 1.54) is 0 Å². The Balaban J connectivity index is 1.52. The van der Waals surface area contributed by atoms with E-state index in [-0.39, 0.29) is 11.8 Å². The second-order valence-electron chi connectivity index (χ2n) is 7.44. The summed E-state index contributed by atoms with van der Waals surface area (Å²) >= 11 is 0. The van der Waals surface area contributed by atoms with E-state index in [1.807, 2.05) is 41.0 Å². The Morgan fingerprint density at radius 1 is 0.875 bits per heavy atom. The molecule has 0 saturated carbocycles. The summed E-state index contributed by atoms with van der Waals surface area (Å²) in [7, 11) is 0. The molecule has 0 aromatic heterocycles. The zero-order valence-corrected chi connectivity index (χ0v) is 14.8. The van der Waals surface area contributed by atoms with Crippen molar-refractivity contribution in [3.63, 3.8) is 0 Å². The molecule has 0 bridgehead atoms. The van der Waals surface area contributed by atoms with Crippen molar-refractivity contribution in [2.24, 2.45) is 11.8 Å². The largest absolute Gasteiger partial charge is 0.342 e. The molecule has 4 nitrogen and oxygen atoms in total. The standard InChI is InChI=1S/C20H28N2O2/c1-15-3-5-17(6-4-15)19(23)22-13-9-18(10-14-22)20(24)21-11-7-16(2)8-12-21/h3-6,16,18H,7-14H2,1-2H3. The van der Waals surface area contributed by atoms with E-state index in [0.717, 1.165) is 55.8 Å². The molecule has 24 heavy (non-hydrogen) atoms. The number of likely N-dealkylation sites (tertiary alicyclic amines) is 2. The van der Waals surface area contributed by atoms with Crippen LogP contribution in [0.1, 0.15) is 48.5 Å². The molecule has 1 aromatic carbocycles. The smallest absolute Gasteiger partial charge is 0.253 e. The van der Waals surface area contributed by atoms with Crippen molar-refractivity contribution in [1.82, 2.24) is 9.80 Å². The Kier molecular flexibility index (Phi) is 5.22. The van der Waals surface area contributed by atoms with Crippen LogP contribution in [0.3, 0.4) is 0 Å². The van der Waals surface area contributed by atoms with Crippen LogP contribution < -0.4 is 0 Å². The van der Waals surface area contributed by atoms with Crippen LogP contribution in [-0.2, 0) is 4.79 Å². The van der Waals surface area contributed by atoms with E-state index in [4.69, 9.17) is 0 Å². The summed E-state index contributed by atoms with van der Waals surface area (Å²) in [6.45, 7) is 7.47. The number of rotatable bonds is 2. The van der Waals surface area contributed by atoms with Crippen molar-refractivity contribution in [3.8, 4) is 0 Å². The van der Waals surface area contributed by atoms with Crippen LogP contribution in [0.2, 0.25) is 0 Å². The normalized spacial score (nSPS) is 20.2. The summed E-state index contributed by atoms with van der Waals surface area (Å²) in [4.78, 5) is 29.2. The molecule has 2 fully saturated rings. The van der Waals surface area contributed by atoms with E-state index < -0.39 is 0 Å². The first-order chi connectivity index (χ1) is 11.5. The molecule has 2 amide bonds. The van der Waals surface area contributed by atoms with Gasteiger partial charge in [0.1, 0.15) is 0 Å². The molecule has 2 aliphatic heterocycles. The molecule has 0 N–H and O–H groups in total. The van der Waals surface area contributed by atoms with Crippen molar-refractivity contribution < 1.29 is 9.59 Å². The quantitative estimate of drug-likeness (QED) is 0.837. The Hall–Kier alpha value is -1.84. The van der Waals surface area contributed by atoms with Gasteiger partial charge in [0.2, 0.25) is 5.91 Å². The van der Waals surface area contributed by atoms with Gasteiger partial charge in [-0.05, 0) is 50.7 Å². The Morgan fingerprint density at radius 3 is 2.00 bits per heavy atom. The summed E-state index contributed by atoms with van der Waals surface area (Å²) in [6, 6.07) is 7.73. The molecular weight excluding hydrogens is 300 g/mol. The lowest BCUT2D eigenvalue weighted by atomic mass is 9.92. The molecule has 3 rings (SSSR count). The van der Waals surface area contributed by atoms with Crippen molar-refractivity contribution >= 4 is 11.8 Å². The second-order valence-corrected chi connectivity index (χ2v) is 7.44. The first kappa shape index (κ1) is 17.0. The first-order valence-electron chi connectivity index (χ1n) is 9.19. The lowest BCUT2D eigenvalue weighted by molar-refractivity contribution is -0.138. The molecule has 0 spiro atoms. The minimum Gasteiger partial charge on any atom is -0.342 e. The van der Waals surface area contributed by atoms with Crippen molar-refractivity contribution in [2.75, 3.05) is 26.2 Å². The topological polar surface area (TPSA) is 40.6 Å². The third-order valence-electron chi connectivity index (χ3n) is 5.53. The highest BCUT2D eigenvalue weighted by molar-refractivity contribution is 5.94. The molecule has 0 aliphatic carbocycles. The average Bonchev–Trinajstić information content (AvgIpc) is 2.62. The average molecular weight is 328 g/mol. The van der Waals surface area contributed by atoms with Gasteiger partial charge in [-0.3, -0.25) is 9.59 Å². The van der Waals surface area contributed by atoms with Crippen LogP contribution in [0.25, 0.3) is 0 Å². The maximum atomic E-state index is 12.7. The Bertz CT molecular complexity index is 580. The Labute approximate surface area is 144 Å². The maximum Gasteiger partial charge on any atom is 0.253 e. The molecule has 1 aromatic rings. The molecule has 2 heterocycles. The highest BCUT2D eigenvalue weighted by atomic mass is 16.2. The number of amides is 2. The Morgan fingerprint density at radius 2 is 1.42 bits per heavy atom. The van der Waals surface area contributed by atoms with E-state index in [2.05, 4.69) is 6.92 Å². The van der Waals surface area contributed by atoms with E-state index in [0.29, 0.717) is 19.0 Å². The third kappa shape index (κ3) is 3.80. The van der Waals surface area contributed by atoms with Crippen LogP contribution in [0, 0.1) is 18.8 Å². The van der Waals surface area contributed by atoms with Gasteiger partial charge in [-0.2, -0.15) is 0 Å². The van der Waals surface area contributed by atoms with Crippen LogP contribution in [0.5, 0.6) is 0 Å². The third-order valence-corrected chi connectivity index (χ3v) is 5.53. The van der Waals surface area contributed by atoms with Crippen LogP contribution >= 0.6 is 0 Å². The fraction of sp³-hybridized carbons (Fsp3) is 0.600. The van der Waals surface area contributed by atoms with Crippen LogP contribution in [-0.4, -0.2) is 47.8 Å². The van der Waals surface area contributed by atoms with E-state index in [9.17, 15) is 9.59 Å². The van der Waals surface area contributed by atoms with E-state index >= 15 is 0 Å². The number of nitrogens with zero attached hydrogens (tertiary/aromatic N) is 2. The number of piperidine rings is 2. The molecule has 0 radical (unpaired) electrons. The van der Waals surface area contributed by atoms with Gasteiger partial charge in [-0.15, -0.1) is 0 Å². The highest BCUT2D eigenvalue weighted by Crippen LogP contribution is 2.24. The fourth-order valence-electron chi connectivity index (χ4n) is 3.70.